The van der Waals surface area contributed by atoms with Gasteiger partial charge in [-0.15, -0.1) is 32.9 Å². The molecule has 24 heavy (non-hydrogen) atoms. The Morgan fingerprint density at radius 2 is 2.08 bits per heavy atom. The minimum absolute atomic E-state index is 0.110. The number of rotatable bonds is 6. The minimum Gasteiger partial charge on any atom is -0.351 e. The van der Waals surface area contributed by atoms with Crippen LogP contribution in [0.3, 0.4) is 0 Å². The number of carbonyl (C=O) groups is 1. The number of aromatic nitrogens is 2. The van der Waals surface area contributed by atoms with Gasteiger partial charge in [0.15, 0.2) is 0 Å². The molecule has 0 unspecified atom stereocenters. The fourth-order valence-electron chi connectivity index (χ4n) is 2.54. The first kappa shape index (κ1) is 17.5. The van der Waals surface area contributed by atoms with Crippen LogP contribution in [-0.4, -0.2) is 48.5 Å². The number of aryl methyl sites for hydroxylation is 1. The van der Waals surface area contributed by atoms with Gasteiger partial charge in [0.05, 0.1) is 0 Å². The highest BCUT2D eigenvalue weighted by Crippen LogP contribution is 2.27. The van der Waals surface area contributed by atoms with E-state index >= 15 is 0 Å². The fourth-order valence-corrected chi connectivity index (χ4v) is 6.08. The maximum Gasteiger partial charge on any atom is 0.262 e. The third-order valence-corrected chi connectivity index (χ3v) is 7.59. The van der Waals surface area contributed by atoms with Crippen LogP contribution >= 0.6 is 22.7 Å². The molecule has 2 aromatic rings. The molecule has 0 aromatic carbocycles. The summed E-state index contributed by atoms with van der Waals surface area (Å²) in [6.07, 6.45) is 2.31. The number of hydrogen-bond acceptors (Lipinski definition) is 7. The summed E-state index contributed by atoms with van der Waals surface area (Å²) in [4.78, 5) is 12.7. The second-order valence-corrected chi connectivity index (χ2v) is 9.53. The molecule has 0 spiro atoms. The average Bonchev–Trinajstić information content (AvgIpc) is 3.29. The Morgan fingerprint density at radius 3 is 2.75 bits per heavy atom. The molecule has 1 aliphatic rings. The molecule has 10 heteroatoms. The van der Waals surface area contributed by atoms with E-state index in [2.05, 4.69) is 15.5 Å². The third-order valence-electron chi connectivity index (χ3n) is 3.71. The van der Waals surface area contributed by atoms with E-state index in [0.29, 0.717) is 26.1 Å². The topological polar surface area (TPSA) is 92.3 Å². The zero-order chi connectivity index (χ0) is 17.2. The fraction of sp³-hybridized carbons (Fsp3) is 0.500. The van der Waals surface area contributed by atoms with Crippen molar-refractivity contribution in [2.24, 2.45) is 0 Å². The van der Waals surface area contributed by atoms with Crippen molar-refractivity contribution in [3.8, 4) is 0 Å². The van der Waals surface area contributed by atoms with E-state index in [1.807, 2.05) is 6.92 Å². The Kier molecular flexibility index (Phi) is 5.28. The lowest BCUT2D eigenvalue weighted by Gasteiger charge is -2.15. The van der Waals surface area contributed by atoms with Gasteiger partial charge < -0.3 is 5.32 Å². The van der Waals surface area contributed by atoms with Crippen LogP contribution in [0.15, 0.2) is 16.3 Å². The van der Waals surface area contributed by atoms with E-state index in [-0.39, 0.29) is 15.7 Å². The maximum absolute atomic E-state index is 12.7. The van der Waals surface area contributed by atoms with Crippen molar-refractivity contribution in [1.82, 2.24) is 19.8 Å². The number of thiophene rings is 1. The lowest BCUT2D eigenvalue weighted by Crippen LogP contribution is -2.31. The van der Waals surface area contributed by atoms with Gasteiger partial charge in [0.1, 0.15) is 19.8 Å². The molecule has 1 amide bonds. The normalized spacial score (nSPS) is 15.7. The minimum atomic E-state index is -3.58. The maximum atomic E-state index is 12.7. The van der Waals surface area contributed by atoms with Crippen LogP contribution in [0.5, 0.6) is 0 Å². The molecule has 1 N–H and O–H groups in total. The van der Waals surface area contributed by atoms with E-state index in [0.717, 1.165) is 34.2 Å². The Morgan fingerprint density at radius 1 is 1.33 bits per heavy atom. The van der Waals surface area contributed by atoms with Gasteiger partial charge in [-0.2, -0.15) is 4.31 Å². The predicted molar refractivity (Wildman–Crippen MR) is 93.0 cm³/mol. The molecule has 1 aliphatic heterocycles. The molecule has 3 heterocycles. The van der Waals surface area contributed by atoms with E-state index in [4.69, 9.17) is 0 Å². The summed E-state index contributed by atoms with van der Waals surface area (Å²) in [6.45, 7) is 3.32. The molecule has 0 bridgehead atoms. The number of hydrogen-bond donors (Lipinski definition) is 1. The van der Waals surface area contributed by atoms with Crippen molar-refractivity contribution in [1.29, 1.82) is 0 Å². The van der Waals surface area contributed by atoms with Crippen LogP contribution in [0.25, 0.3) is 0 Å². The number of amides is 1. The van der Waals surface area contributed by atoms with Crippen molar-refractivity contribution in [2.75, 3.05) is 19.6 Å². The van der Waals surface area contributed by atoms with Crippen LogP contribution < -0.4 is 5.32 Å². The molecule has 0 aliphatic carbocycles. The van der Waals surface area contributed by atoms with Crippen molar-refractivity contribution < 1.29 is 13.2 Å². The highest BCUT2D eigenvalue weighted by molar-refractivity contribution is 7.89. The van der Waals surface area contributed by atoms with Gasteiger partial charge in [0, 0.05) is 26.1 Å². The molecule has 1 fully saturated rings. The highest BCUT2D eigenvalue weighted by atomic mass is 32.2. The molecule has 3 rings (SSSR count). The summed E-state index contributed by atoms with van der Waals surface area (Å²) in [5.41, 5.74) is 0. The van der Waals surface area contributed by atoms with Crippen molar-refractivity contribution in [3.05, 3.63) is 26.3 Å². The van der Waals surface area contributed by atoms with E-state index in [1.54, 1.807) is 5.38 Å². The van der Waals surface area contributed by atoms with Crippen molar-refractivity contribution in [3.63, 3.8) is 0 Å². The lowest BCUT2D eigenvalue weighted by molar-refractivity contribution is 0.0955. The summed E-state index contributed by atoms with van der Waals surface area (Å²) in [6, 6.07) is 1.52. The molecule has 2 aromatic heterocycles. The van der Waals surface area contributed by atoms with Crippen LogP contribution in [0, 0.1) is 6.92 Å². The number of nitrogens with one attached hydrogen (secondary N) is 1. The zero-order valence-corrected chi connectivity index (χ0v) is 15.6. The first-order valence-corrected chi connectivity index (χ1v) is 10.8. The first-order valence-electron chi connectivity index (χ1n) is 7.63. The Bertz CT molecular complexity index is 822. The molecule has 0 saturated carbocycles. The van der Waals surface area contributed by atoms with Gasteiger partial charge in [-0.3, -0.25) is 4.79 Å². The number of carbonyl (C=O) groups excluding carboxylic acids is 1. The second kappa shape index (κ2) is 7.26. The molecule has 0 atom stereocenters. The van der Waals surface area contributed by atoms with Crippen molar-refractivity contribution in [2.45, 2.75) is 31.1 Å². The number of nitrogens with zero attached hydrogens (tertiary/aromatic N) is 3. The molecule has 1 saturated heterocycles. The predicted octanol–water partition coefficient (Wildman–Crippen LogP) is 1.67. The monoisotopic (exact) mass is 386 g/mol. The quantitative estimate of drug-likeness (QED) is 0.815. The summed E-state index contributed by atoms with van der Waals surface area (Å²) in [5, 5.41) is 14.1. The number of sulfonamides is 1. The van der Waals surface area contributed by atoms with Gasteiger partial charge in [-0.1, -0.05) is 0 Å². The van der Waals surface area contributed by atoms with E-state index in [9.17, 15) is 13.2 Å². The Balaban J connectivity index is 1.66. The van der Waals surface area contributed by atoms with Gasteiger partial charge in [-0.25, -0.2) is 8.42 Å². The smallest absolute Gasteiger partial charge is 0.262 e. The molecule has 7 nitrogen and oxygen atoms in total. The van der Waals surface area contributed by atoms with Gasteiger partial charge in [-0.05, 0) is 31.2 Å². The summed E-state index contributed by atoms with van der Waals surface area (Å²) >= 11 is 2.64. The van der Waals surface area contributed by atoms with Gasteiger partial charge in [0.25, 0.3) is 5.91 Å². The lowest BCUT2D eigenvalue weighted by atomic mass is 10.4. The van der Waals surface area contributed by atoms with Crippen LogP contribution in [0.1, 0.15) is 32.5 Å². The first-order chi connectivity index (χ1) is 11.5. The second-order valence-electron chi connectivity index (χ2n) is 5.45. The van der Waals surface area contributed by atoms with Crippen LogP contribution in [-0.2, 0) is 16.4 Å². The van der Waals surface area contributed by atoms with Gasteiger partial charge >= 0.3 is 0 Å². The van der Waals surface area contributed by atoms with E-state index in [1.165, 1.54) is 21.7 Å². The summed E-state index contributed by atoms with van der Waals surface area (Å²) in [7, 11) is -3.58. The third kappa shape index (κ3) is 3.66. The van der Waals surface area contributed by atoms with Gasteiger partial charge in [0.2, 0.25) is 10.0 Å². The van der Waals surface area contributed by atoms with E-state index < -0.39 is 10.0 Å². The summed E-state index contributed by atoms with van der Waals surface area (Å²) in [5.74, 6) is -0.357. The van der Waals surface area contributed by atoms with Crippen molar-refractivity contribution >= 4 is 38.6 Å². The van der Waals surface area contributed by atoms with Crippen LogP contribution in [0.2, 0.25) is 0 Å². The molecular formula is C14H18N4O3S3. The zero-order valence-electron chi connectivity index (χ0n) is 13.2. The molecular weight excluding hydrogens is 368 g/mol. The molecule has 0 radical (unpaired) electrons. The summed E-state index contributed by atoms with van der Waals surface area (Å²) < 4.78 is 26.8. The average molecular weight is 387 g/mol. The SMILES string of the molecule is Cc1nnc(CCNC(=O)c2sccc2S(=O)(=O)N2CCCC2)s1. The largest absolute Gasteiger partial charge is 0.351 e. The standard InChI is InChI=1S/C14H18N4O3S3/c1-10-16-17-12(23-10)4-6-15-14(19)13-11(5-9-22-13)24(20,21)18-7-2-3-8-18/h5,9H,2-4,6-8H2,1H3,(H,15,19). The molecule has 130 valence electrons. The Hall–Kier alpha value is -1.36. The highest BCUT2D eigenvalue weighted by Gasteiger charge is 2.31. The Labute approximate surface area is 148 Å². The van der Waals surface area contributed by atoms with Crippen LogP contribution in [0.4, 0.5) is 0 Å².